The number of thioether (sulfide) groups is 1. The highest BCUT2D eigenvalue weighted by molar-refractivity contribution is 14.1. The van der Waals surface area contributed by atoms with Gasteiger partial charge < -0.3 is 0 Å². The molecule has 2 heterocycles. The van der Waals surface area contributed by atoms with Crippen LogP contribution in [-0.2, 0) is 9.59 Å². The number of pyridine rings is 1. The second-order valence-electron chi connectivity index (χ2n) is 4.21. The molecule has 0 spiro atoms. The predicted molar refractivity (Wildman–Crippen MR) is 80.6 cm³/mol. The number of carbonyl (C=O) groups is 2. The summed E-state index contributed by atoms with van der Waals surface area (Å²) in [4.78, 5) is 28.8. The molecule has 1 aliphatic heterocycles. The summed E-state index contributed by atoms with van der Waals surface area (Å²) in [6.45, 7) is 2.21. The average molecular weight is 376 g/mol. The SMILES string of the molecule is CC(=O)SCC1CC(=O)N(c2ccc(I)cn2)C1. The Labute approximate surface area is 124 Å². The van der Waals surface area contributed by atoms with Gasteiger partial charge in [-0.05, 0) is 40.6 Å². The zero-order valence-electron chi connectivity index (χ0n) is 9.93. The van der Waals surface area contributed by atoms with Crippen molar-refractivity contribution in [1.29, 1.82) is 0 Å². The fourth-order valence-electron chi connectivity index (χ4n) is 1.88. The minimum atomic E-state index is 0.0952. The quantitative estimate of drug-likeness (QED) is 0.760. The molecule has 0 N–H and O–H groups in total. The van der Waals surface area contributed by atoms with Crippen molar-refractivity contribution in [2.45, 2.75) is 13.3 Å². The lowest BCUT2D eigenvalue weighted by Gasteiger charge is -2.15. The lowest BCUT2D eigenvalue weighted by molar-refractivity contribution is -0.117. The van der Waals surface area contributed by atoms with Crippen LogP contribution in [0.4, 0.5) is 5.82 Å². The molecule has 0 saturated carbocycles. The molecule has 2 rings (SSSR count). The second kappa shape index (κ2) is 6.01. The Morgan fingerprint density at radius 3 is 3.00 bits per heavy atom. The zero-order valence-corrected chi connectivity index (χ0v) is 12.9. The van der Waals surface area contributed by atoms with E-state index in [4.69, 9.17) is 0 Å². The molecular weight excluding hydrogens is 363 g/mol. The standard InChI is InChI=1S/C12H13IN2O2S/c1-8(16)18-7-9-4-12(17)15(6-9)11-3-2-10(13)5-14-11/h2-3,5,9H,4,6-7H2,1H3. The smallest absolute Gasteiger partial charge is 0.228 e. The third-order valence-electron chi connectivity index (χ3n) is 2.72. The van der Waals surface area contributed by atoms with Gasteiger partial charge in [0.15, 0.2) is 5.12 Å². The van der Waals surface area contributed by atoms with Gasteiger partial charge in [-0.15, -0.1) is 0 Å². The van der Waals surface area contributed by atoms with E-state index in [2.05, 4.69) is 27.6 Å². The monoisotopic (exact) mass is 376 g/mol. The van der Waals surface area contributed by atoms with Gasteiger partial charge in [-0.25, -0.2) is 4.98 Å². The van der Waals surface area contributed by atoms with Gasteiger partial charge in [0.25, 0.3) is 0 Å². The number of hydrogen-bond acceptors (Lipinski definition) is 4. The van der Waals surface area contributed by atoms with Gasteiger partial charge in [-0.3, -0.25) is 14.5 Å². The van der Waals surface area contributed by atoms with E-state index in [1.54, 1.807) is 18.0 Å². The predicted octanol–water partition coefficient (Wildman–Crippen LogP) is 2.32. The first kappa shape index (κ1) is 13.8. The van der Waals surface area contributed by atoms with Crippen LogP contribution in [0.2, 0.25) is 0 Å². The molecule has 1 aliphatic rings. The molecule has 0 aromatic carbocycles. The molecule has 0 aliphatic carbocycles. The van der Waals surface area contributed by atoms with E-state index < -0.39 is 0 Å². The van der Waals surface area contributed by atoms with Crippen molar-refractivity contribution in [3.63, 3.8) is 0 Å². The van der Waals surface area contributed by atoms with E-state index in [0.717, 1.165) is 3.57 Å². The molecule has 0 bridgehead atoms. The molecule has 1 fully saturated rings. The Kier molecular flexibility index (Phi) is 4.60. The van der Waals surface area contributed by atoms with Crippen molar-refractivity contribution in [2.24, 2.45) is 5.92 Å². The van der Waals surface area contributed by atoms with Crippen molar-refractivity contribution in [3.05, 3.63) is 21.9 Å². The number of nitrogens with zero attached hydrogens (tertiary/aromatic N) is 2. The topological polar surface area (TPSA) is 50.3 Å². The zero-order chi connectivity index (χ0) is 13.1. The van der Waals surface area contributed by atoms with E-state index in [1.165, 1.54) is 11.8 Å². The molecule has 1 amide bonds. The number of amides is 1. The van der Waals surface area contributed by atoms with Crippen molar-refractivity contribution in [3.8, 4) is 0 Å². The van der Waals surface area contributed by atoms with E-state index >= 15 is 0 Å². The normalized spacial score (nSPS) is 19.3. The number of hydrogen-bond donors (Lipinski definition) is 0. The lowest BCUT2D eigenvalue weighted by Crippen LogP contribution is -2.25. The Balaban J connectivity index is 2.00. The summed E-state index contributed by atoms with van der Waals surface area (Å²) in [5, 5.41) is 0.105. The minimum Gasteiger partial charge on any atom is -0.297 e. The third kappa shape index (κ3) is 3.44. The van der Waals surface area contributed by atoms with Crippen LogP contribution in [0.25, 0.3) is 0 Å². The van der Waals surface area contributed by atoms with Gasteiger partial charge in [0.1, 0.15) is 5.82 Å². The Hall–Kier alpha value is -0.630. The maximum absolute atomic E-state index is 11.9. The molecule has 1 unspecified atom stereocenters. The third-order valence-corrected chi connectivity index (χ3v) is 4.40. The largest absolute Gasteiger partial charge is 0.297 e. The summed E-state index contributed by atoms with van der Waals surface area (Å²) in [5.74, 6) is 1.75. The first-order valence-corrected chi connectivity index (χ1v) is 7.68. The van der Waals surface area contributed by atoms with Gasteiger partial charge in [0.05, 0.1) is 0 Å². The lowest BCUT2D eigenvalue weighted by atomic mass is 10.1. The van der Waals surface area contributed by atoms with Crippen LogP contribution in [0.1, 0.15) is 13.3 Å². The fourth-order valence-corrected chi connectivity index (χ4v) is 2.89. The van der Waals surface area contributed by atoms with Crippen LogP contribution >= 0.6 is 34.4 Å². The molecule has 0 radical (unpaired) electrons. The molecular formula is C12H13IN2O2S. The number of aromatic nitrogens is 1. The van der Waals surface area contributed by atoms with Crippen LogP contribution in [0.5, 0.6) is 0 Å². The van der Waals surface area contributed by atoms with Crippen molar-refractivity contribution in [1.82, 2.24) is 4.98 Å². The van der Waals surface area contributed by atoms with Crippen molar-refractivity contribution in [2.75, 3.05) is 17.2 Å². The van der Waals surface area contributed by atoms with Gasteiger partial charge in [-0.2, -0.15) is 0 Å². The number of halogens is 1. The Morgan fingerprint density at radius 2 is 2.39 bits per heavy atom. The average Bonchev–Trinajstić information content (AvgIpc) is 2.69. The van der Waals surface area contributed by atoms with E-state index in [9.17, 15) is 9.59 Å². The Morgan fingerprint density at radius 1 is 1.61 bits per heavy atom. The number of rotatable bonds is 3. The summed E-state index contributed by atoms with van der Waals surface area (Å²) in [6, 6.07) is 3.80. The van der Waals surface area contributed by atoms with Crippen LogP contribution in [0.15, 0.2) is 18.3 Å². The van der Waals surface area contributed by atoms with Crippen LogP contribution < -0.4 is 4.90 Å². The summed E-state index contributed by atoms with van der Waals surface area (Å²) in [6.07, 6.45) is 2.26. The van der Waals surface area contributed by atoms with Crippen molar-refractivity contribution < 1.29 is 9.59 Å². The van der Waals surface area contributed by atoms with Gasteiger partial charge in [-0.1, -0.05) is 11.8 Å². The van der Waals surface area contributed by atoms with E-state index in [-0.39, 0.29) is 16.9 Å². The first-order chi connectivity index (χ1) is 8.56. The molecule has 18 heavy (non-hydrogen) atoms. The maximum Gasteiger partial charge on any atom is 0.228 e. The van der Waals surface area contributed by atoms with E-state index in [0.29, 0.717) is 24.5 Å². The minimum absolute atomic E-state index is 0.0952. The molecule has 1 saturated heterocycles. The molecule has 1 atom stereocenters. The molecule has 96 valence electrons. The molecule has 1 aromatic rings. The second-order valence-corrected chi connectivity index (χ2v) is 6.65. The van der Waals surface area contributed by atoms with E-state index in [1.807, 2.05) is 12.1 Å². The van der Waals surface area contributed by atoms with Gasteiger partial charge >= 0.3 is 0 Å². The van der Waals surface area contributed by atoms with Gasteiger partial charge in [0, 0.05) is 35.4 Å². The van der Waals surface area contributed by atoms with Crippen molar-refractivity contribution >= 4 is 51.2 Å². The van der Waals surface area contributed by atoms with Gasteiger partial charge in [0.2, 0.25) is 5.91 Å². The summed E-state index contributed by atoms with van der Waals surface area (Å²) < 4.78 is 1.05. The highest BCUT2D eigenvalue weighted by atomic mass is 127. The van der Waals surface area contributed by atoms with Crippen LogP contribution in [-0.4, -0.2) is 28.3 Å². The number of carbonyl (C=O) groups excluding carboxylic acids is 2. The fraction of sp³-hybridized carbons (Fsp3) is 0.417. The summed E-state index contributed by atoms with van der Waals surface area (Å²) >= 11 is 3.47. The Bertz CT molecular complexity index is 464. The molecule has 1 aromatic heterocycles. The maximum atomic E-state index is 11.9. The highest BCUT2D eigenvalue weighted by Gasteiger charge is 2.31. The highest BCUT2D eigenvalue weighted by Crippen LogP contribution is 2.26. The van der Waals surface area contributed by atoms with Crippen LogP contribution in [0, 0.1) is 9.49 Å². The molecule has 4 nitrogen and oxygen atoms in total. The first-order valence-electron chi connectivity index (χ1n) is 5.61. The number of anilines is 1. The van der Waals surface area contributed by atoms with Crippen LogP contribution in [0.3, 0.4) is 0 Å². The summed E-state index contributed by atoms with van der Waals surface area (Å²) in [5.41, 5.74) is 0. The molecule has 6 heteroatoms. The summed E-state index contributed by atoms with van der Waals surface area (Å²) in [7, 11) is 0.